The average molecular weight is 294 g/mol. The molecule has 0 aliphatic carbocycles. The Bertz CT molecular complexity index is 705. The number of hydrogen-bond donors (Lipinski definition) is 3. The Kier molecular flexibility index (Phi) is 3.93. The molecule has 7 heteroatoms. The number of ether oxygens (including phenoxy) is 1. The largest absolute Gasteiger partial charge is 0.497 e. The Morgan fingerprint density at radius 3 is 2.48 bits per heavy atom. The summed E-state index contributed by atoms with van der Waals surface area (Å²) >= 11 is 0. The van der Waals surface area contributed by atoms with Gasteiger partial charge in [-0.15, -0.1) is 0 Å². The van der Waals surface area contributed by atoms with E-state index in [0.29, 0.717) is 5.75 Å². The van der Waals surface area contributed by atoms with Gasteiger partial charge in [-0.25, -0.2) is 13.6 Å². The summed E-state index contributed by atoms with van der Waals surface area (Å²) in [7, 11) is 1.41. The van der Waals surface area contributed by atoms with E-state index in [-0.39, 0.29) is 22.6 Å². The first-order chi connectivity index (χ1) is 9.92. The predicted molar refractivity (Wildman–Crippen MR) is 74.0 cm³/mol. The lowest BCUT2D eigenvalue weighted by Gasteiger charge is -2.12. The smallest absolute Gasteiger partial charge is 0.337 e. The minimum Gasteiger partial charge on any atom is -0.497 e. The summed E-state index contributed by atoms with van der Waals surface area (Å²) in [6.45, 7) is 0. The molecule has 0 bridgehead atoms. The first-order valence-electron chi connectivity index (χ1n) is 5.85. The summed E-state index contributed by atoms with van der Waals surface area (Å²) in [5.41, 5.74) is 4.68. The molecule has 0 heterocycles. The van der Waals surface area contributed by atoms with E-state index in [0.717, 1.165) is 18.2 Å². The maximum atomic E-state index is 13.8. The van der Waals surface area contributed by atoms with E-state index in [1.54, 1.807) is 0 Å². The monoisotopic (exact) mass is 294 g/mol. The van der Waals surface area contributed by atoms with Gasteiger partial charge in [0.25, 0.3) is 0 Å². The number of nitrogen functional groups attached to an aromatic ring is 1. The third-order valence-electron chi connectivity index (χ3n) is 2.81. The summed E-state index contributed by atoms with van der Waals surface area (Å²) in [5, 5.41) is 11.4. The van der Waals surface area contributed by atoms with Crippen molar-refractivity contribution in [2.24, 2.45) is 0 Å². The molecule has 0 saturated heterocycles. The van der Waals surface area contributed by atoms with Gasteiger partial charge in [0.15, 0.2) is 0 Å². The zero-order valence-corrected chi connectivity index (χ0v) is 11.0. The van der Waals surface area contributed by atoms with Gasteiger partial charge in [-0.05, 0) is 24.3 Å². The van der Waals surface area contributed by atoms with E-state index in [2.05, 4.69) is 5.32 Å². The van der Waals surface area contributed by atoms with Gasteiger partial charge in [-0.2, -0.15) is 0 Å². The van der Waals surface area contributed by atoms with Gasteiger partial charge in [0.1, 0.15) is 17.4 Å². The summed E-state index contributed by atoms with van der Waals surface area (Å²) < 4.78 is 32.4. The number of halogens is 2. The van der Waals surface area contributed by atoms with Crippen molar-refractivity contribution in [1.82, 2.24) is 0 Å². The Labute approximate surface area is 119 Å². The Morgan fingerprint density at radius 1 is 1.19 bits per heavy atom. The fourth-order valence-corrected chi connectivity index (χ4v) is 1.74. The van der Waals surface area contributed by atoms with E-state index in [4.69, 9.17) is 15.6 Å². The molecular formula is C14H12F2N2O3. The van der Waals surface area contributed by atoms with Crippen LogP contribution in [0.2, 0.25) is 0 Å². The predicted octanol–water partition coefficient (Wildman–Crippen LogP) is 3.00. The van der Waals surface area contributed by atoms with Gasteiger partial charge in [-0.1, -0.05) is 0 Å². The van der Waals surface area contributed by atoms with Gasteiger partial charge < -0.3 is 20.9 Å². The number of benzene rings is 2. The van der Waals surface area contributed by atoms with Crippen LogP contribution in [0.5, 0.6) is 5.75 Å². The highest BCUT2D eigenvalue weighted by molar-refractivity contribution is 5.95. The number of nitrogens with one attached hydrogen (secondary N) is 1. The fourth-order valence-electron chi connectivity index (χ4n) is 1.74. The number of carboxylic acid groups (broad SMARTS) is 1. The number of carboxylic acids is 1. The summed E-state index contributed by atoms with van der Waals surface area (Å²) in [5.74, 6) is -2.36. The van der Waals surface area contributed by atoms with Crippen molar-refractivity contribution in [1.29, 1.82) is 0 Å². The first-order valence-corrected chi connectivity index (χ1v) is 5.85. The molecule has 2 aromatic carbocycles. The van der Waals surface area contributed by atoms with Crippen LogP contribution < -0.4 is 15.8 Å². The zero-order valence-electron chi connectivity index (χ0n) is 11.0. The molecule has 0 saturated carbocycles. The summed E-state index contributed by atoms with van der Waals surface area (Å²) in [6, 6.07) is 5.75. The first kappa shape index (κ1) is 14.6. The molecule has 0 spiro atoms. The van der Waals surface area contributed by atoms with Gasteiger partial charge in [-0.3, -0.25) is 0 Å². The molecule has 0 aliphatic heterocycles. The molecule has 0 unspecified atom stereocenters. The van der Waals surface area contributed by atoms with Crippen LogP contribution in [0.3, 0.4) is 0 Å². The normalized spacial score (nSPS) is 10.2. The van der Waals surface area contributed by atoms with E-state index in [9.17, 15) is 13.6 Å². The Balaban J connectivity index is 2.44. The second-order valence-corrected chi connectivity index (χ2v) is 4.20. The molecule has 0 radical (unpaired) electrons. The van der Waals surface area contributed by atoms with Crippen LogP contribution >= 0.6 is 0 Å². The van der Waals surface area contributed by atoms with Crippen molar-refractivity contribution >= 4 is 23.0 Å². The fraction of sp³-hybridized carbons (Fsp3) is 0.0714. The second-order valence-electron chi connectivity index (χ2n) is 4.20. The minimum absolute atomic E-state index is 0.0469. The number of nitrogens with two attached hydrogens (primary N) is 1. The highest BCUT2D eigenvalue weighted by Gasteiger charge is 2.14. The second kappa shape index (κ2) is 5.66. The summed E-state index contributed by atoms with van der Waals surface area (Å²) in [4.78, 5) is 11.0. The molecule has 0 aromatic heterocycles. The Hall–Kier alpha value is -2.83. The average Bonchev–Trinajstić information content (AvgIpc) is 2.43. The van der Waals surface area contributed by atoms with Gasteiger partial charge in [0.2, 0.25) is 0 Å². The lowest BCUT2D eigenvalue weighted by molar-refractivity contribution is 0.0698. The van der Waals surface area contributed by atoms with Crippen LogP contribution in [-0.4, -0.2) is 18.2 Å². The number of aromatic carboxylic acids is 1. The highest BCUT2D eigenvalue weighted by atomic mass is 19.1. The lowest BCUT2D eigenvalue weighted by Crippen LogP contribution is -2.06. The maximum absolute atomic E-state index is 13.8. The third-order valence-corrected chi connectivity index (χ3v) is 2.81. The van der Waals surface area contributed by atoms with Gasteiger partial charge in [0, 0.05) is 11.8 Å². The minimum atomic E-state index is -1.30. The lowest BCUT2D eigenvalue weighted by atomic mass is 10.1. The van der Waals surface area contributed by atoms with Gasteiger partial charge >= 0.3 is 5.97 Å². The van der Waals surface area contributed by atoms with Crippen LogP contribution in [0, 0.1) is 11.6 Å². The standard InChI is InChI=1S/C14H12F2N2O3/c1-21-7-2-3-9(15)12(4-7)18-13-5-8(14(19)20)11(17)6-10(13)16/h2-6,18H,17H2,1H3,(H,19,20). The van der Waals surface area contributed by atoms with Crippen molar-refractivity contribution in [2.75, 3.05) is 18.2 Å². The van der Waals surface area contributed by atoms with E-state index in [1.165, 1.54) is 19.2 Å². The van der Waals surface area contributed by atoms with Crippen LogP contribution in [0.1, 0.15) is 10.4 Å². The van der Waals surface area contributed by atoms with Crippen LogP contribution in [0.25, 0.3) is 0 Å². The highest BCUT2D eigenvalue weighted by Crippen LogP contribution is 2.28. The van der Waals surface area contributed by atoms with E-state index in [1.807, 2.05) is 0 Å². The molecule has 4 N–H and O–H groups in total. The molecule has 2 aromatic rings. The van der Waals surface area contributed by atoms with Crippen molar-refractivity contribution in [3.63, 3.8) is 0 Å². The molecule has 0 fully saturated rings. The number of methoxy groups -OCH3 is 1. The molecule has 5 nitrogen and oxygen atoms in total. The van der Waals surface area contributed by atoms with Crippen molar-refractivity contribution in [3.05, 3.63) is 47.5 Å². The third kappa shape index (κ3) is 3.02. The molecule has 0 amide bonds. The topological polar surface area (TPSA) is 84.6 Å². The van der Waals surface area contributed by atoms with Crippen LogP contribution in [-0.2, 0) is 0 Å². The quantitative estimate of drug-likeness (QED) is 0.755. The maximum Gasteiger partial charge on any atom is 0.337 e. The SMILES string of the molecule is COc1ccc(F)c(Nc2cc(C(=O)O)c(N)cc2F)c1. The molecule has 0 aliphatic rings. The van der Waals surface area contributed by atoms with Crippen LogP contribution in [0.15, 0.2) is 30.3 Å². The van der Waals surface area contributed by atoms with Gasteiger partial charge in [0.05, 0.1) is 24.0 Å². The molecule has 0 atom stereocenters. The van der Waals surface area contributed by atoms with Crippen molar-refractivity contribution < 1.29 is 23.4 Å². The Morgan fingerprint density at radius 2 is 1.86 bits per heavy atom. The van der Waals surface area contributed by atoms with E-state index >= 15 is 0 Å². The van der Waals surface area contributed by atoms with Crippen molar-refractivity contribution in [2.45, 2.75) is 0 Å². The van der Waals surface area contributed by atoms with Crippen LogP contribution in [0.4, 0.5) is 25.8 Å². The molecule has 110 valence electrons. The van der Waals surface area contributed by atoms with E-state index < -0.39 is 17.6 Å². The summed E-state index contributed by atoms with van der Waals surface area (Å²) in [6.07, 6.45) is 0. The number of rotatable bonds is 4. The molecule has 2 rings (SSSR count). The number of carbonyl (C=O) groups is 1. The molecule has 21 heavy (non-hydrogen) atoms. The van der Waals surface area contributed by atoms with Crippen molar-refractivity contribution in [3.8, 4) is 5.75 Å². The number of hydrogen-bond acceptors (Lipinski definition) is 4. The number of anilines is 3. The molecular weight excluding hydrogens is 282 g/mol. The zero-order chi connectivity index (χ0) is 15.6.